The molecule has 0 N–H and O–H groups in total. The third-order valence-corrected chi connectivity index (χ3v) is 5.38. The van der Waals surface area contributed by atoms with Crippen LogP contribution >= 0.6 is 43.5 Å². The average Bonchev–Trinajstić information content (AvgIpc) is 2.98. The number of halogens is 3. The fraction of sp³-hybridized carbons (Fsp3) is 0.200. The molecule has 1 aromatic heterocycles. The minimum absolute atomic E-state index is 0.231. The van der Waals surface area contributed by atoms with Crippen molar-refractivity contribution >= 4 is 49.4 Å². The van der Waals surface area contributed by atoms with Crippen molar-refractivity contribution in [3.8, 4) is 22.5 Å². The van der Waals surface area contributed by atoms with Gasteiger partial charge in [-0.3, -0.25) is 9.48 Å². The topological polar surface area (TPSA) is 44.1 Å². The number of esters is 1. The van der Waals surface area contributed by atoms with Crippen LogP contribution in [0.25, 0.3) is 22.5 Å². The van der Waals surface area contributed by atoms with E-state index in [1.165, 1.54) is 0 Å². The lowest BCUT2D eigenvalue weighted by Crippen LogP contribution is -2.10. The van der Waals surface area contributed by atoms with Gasteiger partial charge in [-0.15, -0.1) is 0 Å². The highest BCUT2D eigenvalue weighted by Crippen LogP contribution is 2.37. The van der Waals surface area contributed by atoms with Crippen LogP contribution < -0.4 is 0 Å². The summed E-state index contributed by atoms with van der Waals surface area (Å²) in [7, 11) is 0. The third-order valence-electron chi connectivity index (χ3n) is 3.96. The molecule has 140 valence electrons. The maximum Gasteiger partial charge on any atom is 0.307 e. The first-order valence-corrected chi connectivity index (χ1v) is 10.4. The van der Waals surface area contributed by atoms with Crippen molar-refractivity contribution in [2.24, 2.45) is 0 Å². The first kappa shape index (κ1) is 20.1. The summed E-state index contributed by atoms with van der Waals surface area (Å²) in [5.41, 5.74) is 3.32. The Morgan fingerprint density at radius 2 is 1.59 bits per heavy atom. The van der Waals surface area contributed by atoms with Crippen molar-refractivity contribution in [1.29, 1.82) is 0 Å². The zero-order valence-corrected chi connectivity index (χ0v) is 18.5. The molecule has 0 aliphatic heterocycles. The van der Waals surface area contributed by atoms with Crippen LogP contribution in [-0.2, 0) is 16.1 Å². The number of ether oxygens (including phenoxy) is 1. The zero-order valence-electron chi connectivity index (χ0n) is 14.6. The maximum atomic E-state index is 11.8. The quantitative estimate of drug-likeness (QED) is 0.362. The van der Waals surface area contributed by atoms with E-state index in [0.717, 1.165) is 25.8 Å². The Morgan fingerprint density at radius 1 is 1.04 bits per heavy atom. The van der Waals surface area contributed by atoms with E-state index in [2.05, 4.69) is 31.9 Å². The van der Waals surface area contributed by atoms with E-state index in [9.17, 15) is 4.79 Å². The summed E-state index contributed by atoms with van der Waals surface area (Å²) in [5.74, 6) is -0.254. The minimum atomic E-state index is -0.254. The molecular formula is C20H17Br2ClN2O2. The van der Waals surface area contributed by atoms with Gasteiger partial charge in [0.25, 0.3) is 0 Å². The highest BCUT2D eigenvalue weighted by molar-refractivity contribution is 9.10. The smallest absolute Gasteiger partial charge is 0.307 e. The first-order chi connectivity index (χ1) is 13.0. The molecule has 0 radical (unpaired) electrons. The molecule has 0 saturated carbocycles. The monoisotopic (exact) mass is 510 g/mol. The van der Waals surface area contributed by atoms with Gasteiger partial charge in [0, 0.05) is 20.1 Å². The van der Waals surface area contributed by atoms with Gasteiger partial charge < -0.3 is 4.74 Å². The van der Waals surface area contributed by atoms with Crippen molar-refractivity contribution in [2.45, 2.75) is 19.9 Å². The number of aromatic nitrogens is 2. The molecule has 0 saturated heterocycles. The molecule has 3 aromatic rings. The highest BCUT2D eigenvalue weighted by Gasteiger charge is 2.20. The van der Waals surface area contributed by atoms with Crippen molar-refractivity contribution in [3.63, 3.8) is 0 Å². The van der Waals surface area contributed by atoms with Crippen LogP contribution in [0.4, 0.5) is 0 Å². The number of aryl methyl sites for hydroxylation is 1. The van der Waals surface area contributed by atoms with Crippen LogP contribution in [0.1, 0.15) is 13.3 Å². The zero-order chi connectivity index (χ0) is 19.4. The fourth-order valence-corrected chi connectivity index (χ4v) is 3.59. The molecule has 0 unspecified atom stereocenters. The van der Waals surface area contributed by atoms with Gasteiger partial charge in [-0.2, -0.15) is 5.10 Å². The van der Waals surface area contributed by atoms with E-state index in [1.54, 1.807) is 11.6 Å². The summed E-state index contributed by atoms with van der Waals surface area (Å²) >= 11 is 13.6. The van der Waals surface area contributed by atoms with Gasteiger partial charge in [-0.1, -0.05) is 67.7 Å². The lowest BCUT2D eigenvalue weighted by Gasteiger charge is -2.08. The molecule has 7 heteroatoms. The number of rotatable bonds is 6. The Hall–Kier alpha value is -1.63. The Kier molecular flexibility index (Phi) is 6.73. The summed E-state index contributed by atoms with van der Waals surface area (Å²) in [6.07, 6.45) is 0.231. The Labute approximate surface area is 179 Å². The molecule has 0 bridgehead atoms. The summed E-state index contributed by atoms with van der Waals surface area (Å²) in [5, 5.41) is 5.25. The van der Waals surface area contributed by atoms with E-state index in [4.69, 9.17) is 21.4 Å². The van der Waals surface area contributed by atoms with Crippen LogP contribution in [0.15, 0.2) is 57.5 Å². The molecule has 4 nitrogen and oxygen atoms in total. The predicted molar refractivity (Wildman–Crippen MR) is 115 cm³/mol. The van der Waals surface area contributed by atoms with Crippen molar-refractivity contribution in [3.05, 3.63) is 62.5 Å². The van der Waals surface area contributed by atoms with E-state index in [0.29, 0.717) is 23.9 Å². The second-order valence-corrected chi connectivity index (χ2v) is 8.01. The largest absolute Gasteiger partial charge is 0.466 e. The molecule has 0 amide bonds. The van der Waals surface area contributed by atoms with Gasteiger partial charge in [-0.05, 0) is 31.2 Å². The van der Waals surface area contributed by atoms with Crippen LogP contribution in [0.5, 0.6) is 0 Å². The third kappa shape index (κ3) is 4.81. The Morgan fingerprint density at radius 3 is 2.15 bits per heavy atom. The number of hydrogen-bond donors (Lipinski definition) is 0. The summed E-state index contributed by atoms with van der Waals surface area (Å²) in [6, 6.07) is 15.7. The number of carbonyl (C=O) groups excluding carboxylic acids is 1. The lowest BCUT2D eigenvalue weighted by atomic mass is 10.1. The van der Waals surface area contributed by atoms with Crippen LogP contribution in [0.2, 0.25) is 5.02 Å². The average molecular weight is 513 g/mol. The summed E-state index contributed by atoms with van der Waals surface area (Å²) < 4.78 is 8.78. The van der Waals surface area contributed by atoms with Gasteiger partial charge >= 0.3 is 5.97 Å². The lowest BCUT2D eigenvalue weighted by molar-refractivity contribution is -0.143. The molecular weight excluding hydrogens is 495 g/mol. The van der Waals surface area contributed by atoms with Crippen molar-refractivity contribution in [2.75, 3.05) is 6.61 Å². The number of carbonyl (C=O) groups is 1. The van der Waals surface area contributed by atoms with Crippen LogP contribution in [0, 0.1) is 0 Å². The van der Waals surface area contributed by atoms with Gasteiger partial charge in [0.15, 0.2) is 0 Å². The molecule has 0 spiro atoms. The van der Waals surface area contributed by atoms with Crippen LogP contribution in [-0.4, -0.2) is 22.4 Å². The molecule has 1 heterocycles. The predicted octanol–water partition coefficient (Wildman–Crippen LogP) is 6.35. The molecule has 0 aliphatic carbocycles. The van der Waals surface area contributed by atoms with Crippen molar-refractivity contribution in [1.82, 2.24) is 9.78 Å². The fourth-order valence-electron chi connectivity index (χ4n) is 2.71. The SMILES string of the molecule is CCOC(=O)CCn1nc(-c2ccc(Br)cc2)c(Cl)c1-c1ccc(Br)cc1. The summed E-state index contributed by atoms with van der Waals surface area (Å²) in [4.78, 5) is 11.8. The Bertz CT molecular complexity index is 938. The normalized spacial score (nSPS) is 10.8. The van der Waals surface area contributed by atoms with E-state index < -0.39 is 0 Å². The van der Waals surface area contributed by atoms with Gasteiger partial charge in [-0.25, -0.2) is 0 Å². The molecule has 27 heavy (non-hydrogen) atoms. The molecule has 3 rings (SSSR count). The minimum Gasteiger partial charge on any atom is -0.466 e. The van der Waals surface area contributed by atoms with Gasteiger partial charge in [0.1, 0.15) is 5.69 Å². The van der Waals surface area contributed by atoms with E-state index in [-0.39, 0.29) is 12.4 Å². The molecule has 0 atom stereocenters. The number of benzene rings is 2. The second-order valence-electron chi connectivity index (χ2n) is 5.80. The second kappa shape index (κ2) is 9.04. The maximum absolute atomic E-state index is 11.8. The van der Waals surface area contributed by atoms with Gasteiger partial charge in [0.05, 0.1) is 30.3 Å². The molecule has 0 fully saturated rings. The molecule has 0 aliphatic rings. The number of hydrogen-bond acceptors (Lipinski definition) is 3. The Balaban J connectivity index is 2.03. The number of nitrogens with zero attached hydrogens (tertiary/aromatic N) is 2. The van der Waals surface area contributed by atoms with Gasteiger partial charge in [0.2, 0.25) is 0 Å². The van der Waals surface area contributed by atoms with Crippen LogP contribution in [0.3, 0.4) is 0 Å². The standard InChI is InChI=1S/C20H17Br2ClN2O2/c1-2-27-17(26)11-12-25-20(14-5-9-16(22)10-6-14)18(23)19(24-25)13-3-7-15(21)8-4-13/h3-10H,2,11-12H2,1H3. The van der Waals surface area contributed by atoms with E-state index in [1.807, 2.05) is 48.5 Å². The van der Waals surface area contributed by atoms with Crippen molar-refractivity contribution < 1.29 is 9.53 Å². The molecule has 2 aromatic carbocycles. The summed E-state index contributed by atoms with van der Waals surface area (Å²) in [6.45, 7) is 2.55. The van der Waals surface area contributed by atoms with E-state index >= 15 is 0 Å². The highest BCUT2D eigenvalue weighted by atomic mass is 79.9. The first-order valence-electron chi connectivity index (χ1n) is 8.43.